The number of aliphatic hydroxyl groups is 5. The van der Waals surface area contributed by atoms with Crippen LogP contribution in [0.4, 0.5) is 0 Å². The predicted octanol–water partition coefficient (Wildman–Crippen LogP) is 4.53. The molecule has 4 rings (SSSR count). The molecule has 13 heteroatoms. The van der Waals surface area contributed by atoms with Crippen LogP contribution in [0.25, 0.3) is 0 Å². The Morgan fingerprint density at radius 2 is 1.54 bits per heavy atom. The maximum Gasteiger partial charge on any atom is 0.329 e. The summed E-state index contributed by atoms with van der Waals surface area (Å²) in [5, 5.41) is 57.9. The van der Waals surface area contributed by atoms with Gasteiger partial charge in [-0.2, -0.15) is 0 Å². The smallest absolute Gasteiger partial charge is 0.329 e. The number of hydrogen-bond donors (Lipinski definition) is 5. The van der Waals surface area contributed by atoms with Crippen molar-refractivity contribution in [2.75, 3.05) is 27.9 Å². The Hall–Kier alpha value is -1.68. The summed E-state index contributed by atoms with van der Waals surface area (Å²) < 4.78 is 30.2. The molecular weight excluding hydrogens is 734 g/mol. The van der Waals surface area contributed by atoms with Crippen molar-refractivity contribution in [1.29, 1.82) is 0 Å². The second-order valence-corrected chi connectivity index (χ2v) is 18.3. The van der Waals surface area contributed by atoms with Crippen LogP contribution < -0.4 is 0 Å². The minimum Gasteiger partial charge on any atom is -0.460 e. The number of ether oxygens (including phenoxy) is 5. The first-order valence-corrected chi connectivity index (χ1v) is 21.9. The number of carbonyl (C=O) groups is 2. The summed E-state index contributed by atoms with van der Waals surface area (Å²) in [4.78, 5) is 30.1. The zero-order chi connectivity index (χ0) is 42.2. The molecule has 3 unspecified atom stereocenters. The molecule has 17 atom stereocenters. The molecule has 1 saturated carbocycles. The molecule has 13 nitrogen and oxygen atoms in total. The average Bonchev–Trinajstić information content (AvgIpc) is 3.18. The van der Waals surface area contributed by atoms with Crippen LogP contribution in [-0.4, -0.2) is 137 Å². The van der Waals surface area contributed by atoms with E-state index in [2.05, 4.69) is 19.9 Å². The van der Waals surface area contributed by atoms with E-state index >= 15 is 0 Å². The van der Waals surface area contributed by atoms with Gasteiger partial charge in [0.05, 0.1) is 36.6 Å². The highest BCUT2D eigenvalue weighted by Crippen LogP contribution is 2.41. The van der Waals surface area contributed by atoms with Gasteiger partial charge < -0.3 is 54.1 Å². The number of cyclic esters (lactones) is 1. The molecule has 0 aromatic rings. The minimum atomic E-state index is -2.29. The van der Waals surface area contributed by atoms with Gasteiger partial charge in [-0.15, -0.1) is 0 Å². The molecule has 1 amide bonds. The Morgan fingerprint density at radius 1 is 0.877 bits per heavy atom. The number of allylic oxidation sites excluding steroid dienone is 1. The number of fused-ring (bicyclic) bond motifs is 3. The second kappa shape index (κ2) is 21.7. The number of amides is 1. The maximum absolute atomic E-state index is 14.4. The lowest BCUT2D eigenvalue weighted by molar-refractivity contribution is -0.346. The molecule has 0 aromatic heterocycles. The predicted molar refractivity (Wildman–Crippen MR) is 215 cm³/mol. The van der Waals surface area contributed by atoms with Crippen LogP contribution in [0.3, 0.4) is 0 Å². The third kappa shape index (κ3) is 11.8. The first-order valence-electron chi connectivity index (χ1n) is 21.9. The fraction of sp³-hybridized carbons (Fsp3) is 0.909. The van der Waals surface area contributed by atoms with Gasteiger partial charge in [0.15, 0.2) is 6.10 Å². The molecule has 2 bridgehead atoms. The Bertz CT molecular complexity index is 1300. The van der Waals surface area contributed by atoms with Crippen molar-refractivity contribution >= 4 is 11.9 Å². The van der Waals surface area contributed by atoms with E-state index in [1.807, 2.05) is 20.8 Å². The summed E-state index contributed by atoms with van der Waals surface area (Å²) in [5.41, 5.74) is 1.09. The lowest BCUT2D eigenvalue weighted by Crippen LogP contribution is -2.66. The second-order valence-electron chi connectivity index (χ2n) is 18.3. The van der Waals surface area contributed by atoms with Crippen LogP contribution in [0.15, 0.2) is 11.6 Å². The summed E-state index contributed by atoms with van der Waals surface area (Å²) in [6.07, 6.45) is 2.30. The normalized spacial score (nSPS) is 43.9. The van der Waals surface area contributed by atoms with Crippen molar-refractivity contribution in [3.05, 3.63) is 11.6 Å². The van der Waals surface area contributed by atoms with Gasteiger partial charge in [-0.25, -0.2) is 4.79 Å². The standard InChI is InChI=1S/C44H77NO12/c1-10-13-31-19-25(2)18-26(3)20-37(54-8)40-38(55-9)22-28(5)44(52,57-40)41(49)42(50)45-17-12-11-14-32(45)43(51)56-39(29(6)34(47)24-35(31)48)27(4)21-30-15-16-33(46)36(23-30)53-7/h19,26-41,46-49,52H,10-18,20-24H2,1-9H3/b25-19+/t26-,27?,28+,29+,30-,31-,32-,33+,34-,35?,36+,37-,38-,39+,40+,41?,44+/m0/s1. The number of nitrogens with zero attached hydrogens (tertiary/aromatic N) is 1. The van der Waals surface area contributed by atoms with E-state index in [0.29, 0.717) is 57.8 Å². The zero-order valence-corrected chi connectivity index (χ0v) is 36.3. The molecule has 0 spiro atoms. The van der Waals surface area contributed by atoms with Crippen molar-refractivity contribution in [2.45, 2.75) is 192 Å². The summed E-state index contributed by atoms with van der Waals surface area (Å²) in [6.45, 7) is 12.0. The highest BCUT2D eigenvalue weighted by molar-refractivity contribution is 5.88. The molecule has 2 saturated heterocycles. The van der Waals surface area contributed by atoms with E-state index in [1.165, 1.54) is 4.90 Å². The molecule has 1 aliphatic carbocycles. The highest BCUT2D eigenvalue weighted by atomic mass is 16.7. The molecule has 3 fully saturated rings. The van der Waals surface area contributed by atoms with Gasteiger partial charge in [0, 0.05) is 52.0 Å². The van der Waals surface area contributed by atoms with Crippen molar-refractivity contribution < 1.29 is 58.8 Å². The summed E-state index contributed by atoms with van der Waals surface area (Å²) >= 11 is 0. The molecule has 0 aromatic carbocycles. The average molecular weight is 812 g/mol. The largest absolute Gasteiger partial charge is 0.460 e. The van der Waals surface area contributed by atoms with Crippen molar-refractivity contribution in [2.24, 2.45) is 35.5 Å². The van der Waals surface area contributed by atoms with Crippen LogP contribution in [0.2, 0.25) is 0 Å². The van der Waals surface area contributed by atoms with Crippen LogP contribution in [0.5, 0.6) is 0 Å². The number of esters is 1. The van der Waals surface area contributed by atoms with Gasteiger partial charge in [-0.1, -0.05) is 52.7 Å². The van der Waals surface area contributed by atoms with Gasteiger partial charge >= 0.3 is 5.97 Å². The van der Waals surface area contributed by atoms with E-state index < -0.39 is 84.4 Å². The van der Waals surface area contributed by atoms with E-state index in [9.17, 15) is 35.1 Å². The first-order chi connectivity index (χ1) is 27.0. The van der Waals surface area contributed by atoms with Crippen LogP contribution in [0, 0.1) is 35.5 Å². The highest BCUT2D eigenvalue weighted by Gasteiger charge is 2.56. The quantitative estimate of drug-likeness (QED) is 0.171. The SMILES string of the molecule is CCC[C@H]1/C=C(\C)C[C@H](C)C[C@H](OC)[C@H]2O[C@@](O)(C(O)C(=O)N3CCCC[C@H]3C(=O)O[C@H](C(C)C[C@@H]3CC[C@@H](O)[C@H](OC)C3)[C@H](C)[C@@H](O)CC1O)[C@H](C)C[C@@H]2OC. The fourth-order valence-electron chi connectivity index (χ4n) is 10.4. The van der Waals surface area contributed by atoms with Gasteiger partial charge in [0.1, 0.15) is 18.2 Å². The third-order valence-electron chi connectivity index (χ3n) is 13.9. The van der Waals surface area contributed by atoms with Crippen LogP contribution in [-0.2, 0) is 33.3 Å². The molecule has 57 heavy (non-hydrogen) atoms. The Morgan fingerprint density at radius 3 is 2.19 bits per heavy atom. The van der Waals surface area contributed by atoms with Crippen molar-refractivity contribution in [1.82, 2.24) is 4.90 Å². The van der Waals surface area contributed by atoms with Gasteiger partial charge in [-0.3, -0.25) is 4.79 Å². The van der Waals surface area contributed by atoms with Crippen molar-refractivity contribution in [3.8, 4) is 0 Å². The van der Waals surface area contributed by atoms with Crippen LogP contribution >= 0.6 is 0 Å². The Kier molecular flexibility index (Phi) is 18.3. The van der Waals surface area contributed by atoms with Gasteiger partial charge in [0.2, 0.25) is 5.79 Å². The minimum absolute atomic E-state index is 0.0908. The zero-order valence-electron chi connectivity index (χ0n) is 36.3. The molecule has 5 N–H and O–H groups in total. The van der Waals surface area contributed by atoms with E-state index in [0.717, 1.165) is 24.8 Å². The number of methoxy groups -OCH3 is 3. The van der Waals surface area contributed by atoms with Gasteiger partial charge in [-0.05, 0) is 95.3 Å². The maximum atomic E-state index is 14.4. The monoisotopic (exact) mass is 812 g/mol. The molecule has 330 valence electrons. The summed E-state index contributed by atoms with van der Waals surface area (Å²) in [5.74, 6) is -5.15. The summed E-state index contributed by atoms with van der Waals surface area (Å²) in [7, 11) is 4.74. The molecule has 4 aliphatic rings. The molecular formula is C44H77NO12. The lowest BCUT2D eigenvalue weighted by Gasteiger charge is -2.49. The number of piperidine rings is 1. The fourth-order valence-corrected chi connectivity index (χ4v) is 10.4. The first kappa shape index (κ1) is 48.0. The number of hydrogen-bond acceptors (Lipinski definition) is 12. The van der Waals surface area contributed by atoms with Gasteiger partial charge in [0.25, 0.3) is 5.91 Å². The third-order valence-corrected chi connectivity index (χ3v) is 13.9. The molecule has 0 radical (unpaired) electrons. The van der Waals surface area contributed by atoms with E-state index in [4.69, 9.17) is 23.7 Å². The molecule has 3 aliphatic heterocycles. The Labute approximate surface area is 341 Å². The van der Waals surface area contributed by atoms with Crippen LogP contribution in [0.1, 0.15) is 125 Å². The molecule has 3 heterocycles. The number of aliphatic hydroxyl groups excluding tert-OH is 4. The number of carbonyl (C=O) groups excluding carboxylic acids is 2. The lowest BCUT2D eigenvalue weighted by atomic mass is 9.76. The van der Waals surface area contributed by atoms with E-state index in [-0.39, 0.29) is 42.7 Å². The number of rotatable bonds is 8. The van der Waals surface area contributed by atoms with E-state index in [1.54, 1.807) is 28.3 Å². The Balaban J connectivity index is 1.74. The topological polar surface area (TPSA) is 185 Å². The summed E-state index contributed by atoms with van der Waals surface area (Å²) in [6, 6.07) is -1.03. The van der Waals surface area contributed by atoms with Crippen molar-refractivity contribution in [3.63, 3.8) is 0 Å².